The number of hydrogen-bond acceptors (Lipinski definition) is 7. The first kappa shape index (κ1) is 15.1. The number of ether oxygens (including phenoxy) is 3. The molecule has 2 aliphatic heterocycles. The summed E-state index contributed by atoms with van der Waals surface area (Å²) in [5.41, 5.74) is 0.719. The molecular weight excluding hydrogens is 276 g/mol. The molecule has 0 aromatic carbocycles. The summed E-state index contributed by atoms with van der Waals surface area (Å²) in [5.74, 6) is -2.06. The second-order valence-electron chi connectivity index (χ2n) is 5.21. The lowest BCUT2D eigenvalue weighted by atomic mass is 10.1. The Balaban J connectivity index is 2.04. The molecule has 21 heavy (non-hydrogen) atoms. The monoisotopic (exact) mass is 294 g/mol. The van der Waals surface area contributed by atoms with Crippen molar-refractivity contribution < 1.29 is 23.8 Å². The molecule has 2 rings (SSSR count). The van der Waals surface area contributed by atoms with Gasteiger partial charge in [-0.2, -0.15) is 0 Å². The number of carbonyl (C=O) groups excluding carboxylic acids is 2. The number of esters is 2. The van der Waals surface area contributed by atoms with Crippen LogP contribution in [-0.4, -0.2) is 43.3 Å². The lowest BCUT2D eigenvalue weighted by molar-refractivity contribution is -0.222. The fourth-order valence-electron chi connectivity index (χ4n) is 2.03. The normalized spacial score (nSPS) is 24.4. The molecule has 0 bridgehead atoms. The van der Waals surface area contributed by atoms with Crippen molar-refractivity contribution in [1.82, 2.24) is 5.32 Å². The Morgan fingerprint density at radius 1 is 1.38 bits per heavy atom. The van der Waals surface area contributed by atoms with E-state index in [1.807, 2.05) is 13.0 Å². The topological polar surface area (TPSA) is 86.2 Å². The van der Waals surface area contributed by atoms with Crippen molar-refractivity contribution in [3.63, 3.8) is 0 Å². The Labute approximate surface area is 122 Å². The van der Waals surface area contributed by atoms with E-state index in [9.17, 15) is 9.59 Å². The lowest BCUT2D eigenvalue weighted by Gasteiger charge is -2.30. The van der Waals surface area contributed by atoms with E-state index in [-0.39, 0.29) is 11.6 Å². The average Bonchev–Trinajstić information content (AvgIpc) is 2.36. The number of hydrogen-bond donors (Lipinski definition) is 1. The van der Waals surface area contributed by atoms with Crippen molar-refractivity contribution in [3.05, 3.63) is 23.4 Å². The van der Waals surface area contributed by atoms with Crippen LogP contribution < -0.4 is 5.32 Å². The standard InChI is InChI=1S/C14H18N2O5/c1-8-5-9(6-16-11(8)19-4)15-7-10-12(17)20-14(2,3)21-13(10)18/h5,7,9,15H,6H2,1-4H3. The third-order valence-electron chi connectivity index (χ3n) is 2.97. The van der Waals surface area contributed by atoms with Gasteiger partial charge in [-0.05, 0) is 6.92 Å². The second-order valence-corrected chi connectivity index (χ2v) is 5.21. The number of nitrogens with zero attached hydrogens (tertiary/aromatic N) is 1. The van der Waals surface area contributed by atoms with Crippen molar-refractivity contribution in [3.8, 4) is 0 Å². The molecule has 2 heterocycles. The molecule has 1 saturated heterocycles. The maximum absolute atomic E-state index is 11.8. The van der Waals surface area contributed by atoms with E-state index in [1.165, 1.54) is 20.0 Å². The first-order chi connectivity index (χ1) is 9.82. The minimum atomic E-state index is -1.23. The fraction of sp³-hybridized carbons (Fsp3) is 0.500. The molecular formula is C14H18N2O5. The van der Waals surface area contributed by atoms with Gasteiger partial charge < -0.3 is 19.5 Å². The van der Waals surface area contributed by atoms with Crippen LogP contribution in [0.5, 0.6) is 0 Å². The second kappa shape index (κ2) is 5.59. The van der Waals surface area contributed by atoms with Crippen LogP contribution in [0.1, 0.15) is 20.8 Å². The van der Waals surface area contributed by atoms with Gasteiger partial charge in [0.1, 0.15) is 0 Å². The predicted octanol–water partition coefficient (Wildman–Crippen LogP) is 0.669. The van der Waals surface area contributed by atoms with E-state index in [1.54, 1.807) is 7.11 Å². The summed E-state index contributed by atoms with van der Waals surface area (Å²) in [6.45, 7) is 5.32. The molecule has 0 radical (unpaired) electrons. The molecule has 0 saturated carbocycles. The Morgan fingerprint density at radius 3 is 2.52 bits per heavy atom. The molecule has 0 aromatic rings. The molecule has 1 atom stereocenters. The first-order valence-electron chi connectivity index (χ1n) is 6.52. The molecule has 0 spiro atoms. The number of dihydropyridines is 1. The summed E-state index contributed by atoms with van der Waals surface area (Å²) in [6.07, 6.45) is 3.22. The number of cyclic esters (lactones) is 2. The summed E-state index contributed by atoms with van der Waals surface area (Å²) in [4.78, 5) is 27.8. The largest absolute Gasteiger partial charge is 0.481 e. The number of carbonyl (C=O) groups is 2. The molecule has 0 amide bonds. The molecule has 0 aromatic heterocycles. The van der Waals surface area contributed by atoms with Crippen LogP contribution in [0.3, 0.4) is 0 Å². The van der Waals surface area contributed by atoms with Gasteiger partial charge in [0, 0.05) is 25.6 Å². The van der Waals surface area contributed by atoms with Crippen LogP contribution in [0, 0.1) is 0 Å². The zero-order chi connectivity index (χ0) is 15.6. The maximum Gasteiger partial charge on any atom is 0.350 e. The van der Waals surface area contributed by atoms with Gasteiger partial charge in [0.2, 0.25) is 5.90 Å². The van der Waals surface area contributed by atoms with Crippen molar-refractivity contribution in [2.45, 2.75) is 32.6 Å². The van der Waals surface area contributed by atoms with E-state index in [2.05, 4.69) is 10.3 Å². The predicted molar refractivity (Wildman–Crippen MR) is 74.3 cm³/mol. The molecule has 2 aliphatic rings. The highest BCUT2D eigenvalue weighted by Crippen LogP contribution is 2.22. The van der Waals surface area contributed by atoms with Crippen LogP contribution in [0.25, 0.3) is 0 Å². The van der Waals surface area contributed by atoms with Crippen LogP contribution in [0.15, 0.2) is 28.4 Å². The smallest absolute Gasteiger partial charge is 0.350 e. The van der Waals surface area contributed by atoms with Gasteiger partial charge in [-0.25, -0.2) is 14.6 Å². The average molecular weight is 294 g/mol. The fourth-order valence-corrected chi connectivity index (χ4v) is 2.03. The SMILES string of the molecule is COC1=NCC(NC=C2C(=O)OC(C)(C)OC2=O)C=C1C. The number of aliphatic imine (C=N–C) groups is 1. The molecule has 7 nitrogen and oxygen atoms in total. The van der Waals surface area contributed by atoms with E-state index in [0.717, 1.165) is 5.57 Å². The van der Waals surface area contributed by atoms with E-state index in [4.69, 9.17) is 14.2 Å². The molecule has 0 aliphatic carbocycles. The Kier molecular flexibility index (Phi) is 4.02. The van der Waals surface area contributed by atoms with Crippen LogP contribution in [0.2, 0.25) is 0 Å². The van der Waals surface area contributed by atoms with Crippen molar-refractivity contribution in [2.75, 3.05) is 13.7 Å². The molecule has 7 heteroatoms. The zero-order valence-corrected chi connectivity index (χ0v) is 12.4. The third-order valence-corrected chi connectivity index (χ3v) is 2.97. The van der Waals surface area contributed by atoms with Gasteiger partial charge in [0.15, 0.2) is 5.57 Å². The third kappa shape index (κ3) is 3.42. The van der Waals surface area contributed by atoms with Gasteiger partial charge >= 0.3 is 11.9 Å². The Bertz CT molecular complexity index is 538. The van der Waals surface area contributed by atoms with Crippen LogP contribution in [-0.2, 0) is 23.8 Å². The molecule has 1 fully saturated rings. The highest BCUT2D eigenvalue weighted by atomic mass is 16.7. The molecule has 1 N–H and O–H groups in total. The molecule has 1 unspecified atom stereocenters. The summed E-state index contributed by atoms with van der Waals surface area (Å²) in [7, 11) is 1.56. The summed E-state index contributed by atoms with van der Waals surface area (Å²) >= 11 is 0. The number of rotatable bonds is 2. The maximum atomic E-state index is 11.8. The number of nitrogens with one attached hydrogen (secondary N) is 1. The van der Waals surface area contributed by atoms with Gasteiger partial charge in [-0.3, -0.25) is 0 Å². The van der Waals surface area contributed by atoms with Crippen LogP contribution in [0.4, 0.5) is 0 Å². The van der Waals surface area contributed by atoms with Crippen LogP contribution >= 0.6 is 0 Å². The van der Waals surface area contributed by atoms with E-state index >= 15 is 0 Å². The lowest BCUT2D eigenvalue weighted by Crippen LogP contribution is -2.42. The van der Waals surface area contributed by atoms with Crippen molar-refractivity contribution in [2.24, 2.45) is 4.99 Å². The van der Waals surface area contributed by atoms with E-state index in [0.29, 0.717) is 12.4 Å². The van der Waals surface area contributed by atoms with Gasteiger partial charge in [0.25, 0.3) is 5.79 Å². The Morgan fingerprint density at radius 2 is 2.00 bits per heavy atom. The minimum absolute atomic E-state index is 0.132. The van der Waals surface area contributed by atoms with Crippen molar-refractivity contribution >= 4 is 17.8 Å². The zero-order valence-electron chi connectivity index (χ0n) is 12.4. The minimum Gasteiger partial charge on any atom is -0.481 e. The summed E-state index contributed by atoms with van der Waals surface area (Å²) in [5, 5.41) is 2.95. The first-order valence-corrected chi connectivity index (χ1v) is 6.52. The van der Waals surface area contributed by atoms with Gasteiger partial charge in [-0.1, -0.05) is 6.08 Å². The van der Waals surface area contributed by atoms with Gasteiger partial charge in [-0.15, -0.1) is 0 Å². The molecule has 114 valence electrons. The van der Waals surface area contributed by atoms with Gasteiger partial charge in [0.05, 0.1) is 19.7 Å². The Hall–Kier alpha value is -2.31. The summed E-state index contributed by atoms with van der Waals surface area (Å²) in [6, 6.07) is -0.132. The van der Waals surface area contributed by atoms with Crippen molar-refractivity contribution in [1.29, 1.82) is 0 Å². The number of methoxy groups -OCH3 is 1. The quantitative estimate of drug-likeness (QED) is 0.457. The van der Waals surface area contributed by atoms with E-state index < -0.39 is 17.7 Å². The highest BCUT2D eigenvalue weighted by Gasteiger charge is 2.39. The highest BCUT2D eigenvalue weighted by molar-refractivity contribution is 6.15. The summed E-state index contributed by atoms with van der Waals surface area (Å²) < 4.78 is 15.1.